The second-order valence-electron chi connectivity index (χ2n) is 5.93. The molecule has 26 heavy (non-hydrogen) atoms. The van der Waals surface area contributed by atoms with Crippen LogP contribution in [0.25, 0.3) is 5.57 Å². The average Bonchev–Trinajstić information content (AvgIpc) is 3.09. The van der Waals surface area contributed by atoms with Crippen molar-refractivity contribution in [1.82, 2.24) is 0 Å². The molecular formula is C20H19BrO5. The van der Waals surface area contributed by atoms with Crippen LogP contribution in [0.2, 0.25) is 0 Å². The zero-order valence-corrected chi connectivity index (χ0v) is 16.3. The van der Waals surface area contributed by atoms with Crippen LogP contribution < -0.4 is 9.47 Å². The van der Waals surface area contributed by atoms with E-state index in [0.717, 1.165) is 21.2 Å². The molecule has 0 aromatic heterocycles. The van der Waals surface area contributed by atoms with Gasteiger partial charge in [-0.25, -0.2) is 0 Å². The summed E-state index contributed by atoms with van der Waals surface area (Å²) in [6.07, 6.45) is 1.89. The molecule has 5 nitrogen and oxygen atoms in total. The summed E-state index contributed by atoms with van der Waals surface area (Å²) < 4.78 is 16.6. The highest BCUT2D eigenvalue weighted by Crippen LogP contribution is 2.45. The third kappa shape index (κ3) is 3.29. The molecule has 2 aromatic rings. The smallest absolute Gasteiger partial charge is 0.317 e. The van der Waals surface area contributed by atoms with Crippen LogP contribution in [0.5, 0.6) is 17.2 Å². The van der Waals surface area contributed by atoms with E-state index in [-0.39, 0.29) is 12.5 Å². The minimum Gasteiger partial charge on any atom is -0.504 e. The zero-order chi connectivity index (χ0) is 18.8. The van der Waals surface area contributed by atoms with Gasteiger partial charge in [0.2, 0.25) is 12.5 Å². The minimum absolute atomic E-state index is 0.0392. The van der Waals surface area contributed by atoms with Gasteiger partial charge in [0.25, 0.3) is 0 Å². The van der Waals surface area contributed by atoms with E-state index >= 15 is 0 Å². The Morgan fingerprint density at radius 3 is 2.73 bits per heavy atom. The van der Waals surface area contributed by atoms with Gasteiger partial charge in [-0.2, -0.15) is 0 Å². The van der Waals surface area contributed by atoms with Gasteiger partial charge in [-0.15, -0.1) is 0 Å². The van der Waals surface area contributed by atoms with Crippen molar-refractivity contribution in [3.63, 3.8) is 0 Å². The molecular weight excluding hydrogens is 400 g/mol. The summed E-state index contributed by atoms with van der Waals surface area (Å²) in [5.74, 6) is -0.480. The van der Waals surface area contributed by atoms with Gasteiger partial charge in [-0.1, -0.05) is 28.1 Å². The molecule has 1 atom stereocenters. The number of carbonyl (C=O) groups is 1. The topological polar surface area (TPSA) is 65.0 Å². The number of methoxy groups -OCH3 is 1. The quantitative estimate of drug-likeness (QED) is 0.737. The van der Waals surface area contributed by atoms with Crippen LogP contribution in [-0.4, -0.2) is 25.0 Å². The van der Waals surface area contributed by atoms with E-state index in [1.165, 1.54) is 13.2 Å². The molecule has 1 aliphatic rings. The summed E-state index contributed by atoms with van der Waals surface area (Å²) in [5.41, 5.74) is 3.32. The van der Waals surface area contributed by atoms with Gasteiger partial charge in [0.05, 0.1) is 7.11 Å². The summed E-state index contributed by atoms with van der Waals surface area (Å²) in [7, 11) is 1.35. The molecule has 6 heteroatoms. The van der Waals surface area contributed by atoms with Crippen molar-refractivity contribution in [1.29, 1.82) is 0 Å². The average molecular weight is 419 g/mol. The number of esters is 1. The van der Waals surface area contributed by atoms with E-state index in [9.17, 15) is 9.90 Å². The number of phenols is 1. The van der Waals surface area contributed by atoms with Crippen molar-refractivity contribution in [2.24, 2.45) is 0 Å². The number of aromatic hydroxyl groups is 1. The molecule has 0 spiro atoms. The monoisotopic (exact) mass is 418 g/mol. The predicted molar refractivity (Wildman–Crippen MR) is 102 cm³/mol. The van der Waals surface area contributed by atoms with Crippen molar-refractivity contribution in [2.45, 2.75) is 19.8 Å². The first kappa shape index (κ1) is 18.3. The summed E-state index contributed by atoms with van der Waals surface area (Å²) >= 11 is 3.46. The van der Waals surface area contributed by atoms with Crippen molar-refractivity contribution in [2.75, 3.05) is 13.9 Å². The maximum atomic E-state index is 12.6. The Bertz CT molecular complexity index is 888. The maximum absolute atomic E-state index is 12.6. The number of hydrogen-bond donors (Lipinski definition) is 1. The van der Waals surface area contributed by atoms with Crippen molar-refractivity contribution >= 4 is 27.5 Å². The molecule has 2 aromatic carbocycles. The number of ether oxygens (including phenoxy) is 3. The number of allylic oxidation sites excluding steroid dienone is 1. The number of carbonyl (C=O) groups excluding carboxylic acids is 1. The highest BCUT2D eigenvalue weighted by atomic mass is 79.9. The third-order valence-electron chi connectivity index (χ3n) is 4.37. The predicted octanol–water partition coefficient (Wildman–Crippen LogP) is 4.55. The zero-order valence-electron chi connectivity index (χ0n) is 14.7. The van der Waals surface area contributed by atoms with E-state index in [4.69, 9.17) is 14.2 Å². The number of phenolic OH excluding ortho intramolecular Hbond substituents is 1. The molecule has 0 amide bonds. The lowest BCUT2D eigenvalue weighted by Gasteiger charge is -2.21. The molecule has 1 heterocycles. The van der Waals surface area contributed by atoms with Gasteiger partial charge < -0.3 is 19.3 Å². The molecule has 1 N–H and O–H groups in total. The van der Waals surface area contributed by atoms with Crippen LogP contribution in [0.3, 0.4) is 0 Å². The largest absolute Gasteiger partial charge is 0.504 e. The first-order valence-corrected chi connectivity index (χ1v) is 8.88. The molecule has 0 saturated heterocycles. The normalized spacial score (nSPS) is 14.2. The SMILES string of the molecule is C/C=C(\c1ccc(Br)cc1C)C(C(=O)OC)c1cc(O)c2c(c1)OCO2. The van der Waals surface area contributed by atoms with Gasteiger partial charge in [0, 0.05) is 4.47 Å². The molecule has 3 rings (SSSR count). The molecule has 0 bridgehead atoms. The molecule has 0 aliphatic carbocycles. The highest BCUT2D eigenvalue weighted by Gasteiger charge is 2.30. The van der Waals surface area contributed by atoms with Crippen molar-refractivity contribution < 1.29 is 24.1 Å². The highest BCUT2D eigenvalue weighted by molar-refractivity contribution is 9.10. The van der Waals surface area contributed by atoms with Crippen molar-refractivity contribution in [3.05, 3.63) is 57.6 Å². The lowest BCUT2D eigenvalue weighted by Crippen LogP contribution is -2.16. The molecule has 0 saturated carbocycles. The van der Waals surface area contributed by atoms with Gasteiger partial charge in [0.15, 0.2) is 11.5 Å². The van der Waals surface area contributed by atoms with Crippen LogP contribution in [0.1, 0.15) is 29.5 Å². The number of rotatable bonds is 4. The van der Waals surface area contributed by atoms with E-state index in [0.29, 0.717) is 17.1 Å². The van der Waals surface area contributed by atoms with Crippen LogP contribution in [-0.2, 0) is 9.53 Å². The van der Waals surface area contributed by atoms with Crippen LogP contribution in [0.4, 0.5) is 0 Å². The second kappa shape index (κ2) is 7.41. The summed E-state index contributed by atoms with van der Waals surface area (Å²) in [6, 6.07) is 9.10. The second-order valence-corrected chi connectivity index (χ2v) is 6.85. The number of benzene rings is 2. The van der Waals surface area contributed by atoms with Gasteiger partial charge in [-0.05, 0) is 60.4 Å². The van der Waals surface area contributed by atoms with E-state index in [2.05, 4.69) is 15.9 Å². The van der Waals surface area contributed by atoms with Crippen LogP contribution >= 0.6 is 15.9 Å². The summed E-state index contributed by atoms with van der Waals surface area (Å²) in [5, 5.41) is 10.2. The maximum Gasteiger partial charge on any atom is 0.317 e. The summed E-state index contributed by atoms with van der Waals surface area (Å²) in [6.45, 7) is 3.90. The Balaban J connectivity index is 2.14. The minimum atomic E-state index is -0.703. The Labute approximate surface area is 160 Å². The Kier molecular flexibility index (Phi) is 5.23. The molecule has 1 aliphatic heterocycles. The number of hydrogen-bond acceptors (Lipinski definition) is 5. The Hall–Kier alpha value is -2.47. The fourth-order valence-electron chi connectivity index (χ4n) is 3.17. The van der Waals surface area contributed by atoms with E-state index in [1.54, 1.807) is 6.07 Å². The number of aryl methyl sites for hydroxylation is 1. The first-order chi connectivity index (χ1) is 12.5. The molecule has 0 fully saturated rings. The Morgan fingerprint density at radius 1 is 1.31 bits per heavy atom. The van der Waals surface area contributed by atoms with E-state index < -0.39 is 11.9 Å². The van der Waals surface area contributed by atoms with Gasteiger partial charge >= 0.3 is 5.97 Å². The van der Waals surface area contributed by atoms with Gasteiger partial charge in [-0.3, -0.25) is 4.79 Å². The van der Waals surface area contributed by atoms with E-state index in [1.807, 2.05) is 38.1 Å². The molecule has 0 radical (unpaired) electrons. The summed E-state index contributed by atoms with van der Waals surface area (Å²) in [4.78, 5) is 12.6. The standard InChI is InChI=1S/C20H19BrO5/c1-4-14(15-6-5-13(21)7-11(15)2)18(20(23)24-3)12-8-16(22)19-17(9-12)25-10-26-19/h4-9,18,22H,10H2,1-3H3/b14-4+. The lowest BCUT2D eigenvalue weighted by molar-refractivity contribution is -0.140. The third-order valence-corrected chi connectivity index (χ3v) is 4.86. The van der Waals surface area contributed by atoms with Gasteiger partial charge in [0.1, 0.15) is 5.92 Å². The first-order valence-electron chi connectivity index (χ1n) is 8.09. The van der Waals surface area contributed by atoms with Crippen LogP contribution in [0, 0.1) is 6.92 Å². The van der Waals surface area contributed by atoms with Crippen LogP contribution in [0.15, 0.2) is 40.9 Å². The fraction of sp³-hybridized carbons (Fsp3) is 0.250. The number of halogens is 1. The fourth-order valence-corrected chi connectivity index (χ4v) is 3.64. The lowest BCUT2D eigenvalue weighted by atomic mass is 9.84. The number of fused-ring (bicyclic) bond motifs is 1. The molecule has 136 valence electrons. The Morgan fingerprint density at radius 2 is 2.08 bits per heavy atom. The molecule has 1 unspecified atom stereocenters. The van der Waals surface area contributed by atoms with Crippen molar-refractivity contribution in [3.8, 4) is 17.2 Å².